The Labute approximate surface area is 129 Å². The lowest BCUT2D eigenvalue weighted by molar-refractivity contribution is 0.410. The predicted molar refractivity (Wildman–Crippen MR) is 88.7 cm³/mol. The van der Waals surface area contributed by atoms with E-state index in [1.807, 2.05) is 6.07 Å². The summed E-state index contributed by atoms with van der Waals surface area (Å²) in [5.74, 6) is 0.925. The molecule has 3 heteroatoms. The Morgan fingerprint density at radius 3 is 2.30 bits per heavy atom. The van der Waals surface area contributed by atoms with Crippen molar-refractivity contribution in [1.82, 2.24) is 0 Å². The van der Waals surface area contributed by atoms with E-state index in [1.165, 1.54) is 26.7 Å². The van der Waals surface area contributed by atoms with Crippen LogP contribution in [0.15, 0.2) is 34.8 Å². The summed E-state index contributed by atoms with van der Waals surface area (Å²) in [6.45, 7) is 7.06. The average molecular weight is 334 g/mol. The molecule has 2 aromatic rings. The maximum Gasteiger partial charge on any atom is 0.123 e. The van der Waals surface area contributed by atoms with Crippen molar-refractivity contribution in [3.8, 4) is 5.75 Å². The van der Waals surface area contributed by atoms with Gasteiger partial charge in [-0.1, -0.05) is 33.6 Å². The van der Waals surface area contributed by atoms with Crippen LogP contribution in [-0.4, -0.2) is 7.11 Å². The molecule has 0 saturated carbocycles. The summed E-state index contributed by atoms with van der Waals surface area (Å²) < 4.78 is 6.58. The molecule has 0 amide bonds. The smallest absolute Gasteiger partial charge is 0.123 e. The van der Waals surface area contributed by atoms with Gasteiger partial charge in [-0.2, -0.15) is 0 Å². The van der Waals surface area contributed by atoms with Gasteiger partial charge in [0.1, 0.15) is 5.75 Å². The first-order valence-electron chi connectivity index (χ1n) is 6.65. The van der Waals surface area contributed by atoms with E-state index < -0.39 is 0 Å². The van der Waals surface area contributed by atoms with E-state index in [0.717, 1.165) is 18.0 Å². The van der Waals surface area contributed by atoms with E-state index in [4.69, 9.17) is 4.74 Å². The maximum atomic E-state index is 5.41. The number of benzene rings is 2. The van der Waals surface area contributed by atoms with Gasteiger partial charge in [-0.25, -0.2) is 0 Å². The van der Waals surface area contributed by atoms with Crippen molar-refractivity contribution in [2.24, 2.45) is 0 Å². The number of hydrogen-bond donors (Lipinski definition) is 1. The van der Waals surface area contributed by atoms with Crippen LogP contribution in [0.25, 0.3) is 0 Å². The number of nitrogens with one attached hydrogen (secondary N) is 1. The fraction of sp³-hybridized carbons (Fsp3) is 0.294. The second-order valence-corrected chi connectivity index (χ2v) is 5.89. The number of methoxy groups -OCH3 is 1. The second-order valence-electron chi connectivity index (χ2n) is 5.09. The third-order valence-electron chi connectivity index (χ3n) is 3.36. The highest BCUT2D eigenvalue weighted by Gasteiger charge is 2.05. The number of rotatable bonds is 4. The van der Waals surface area contributed by atoms with Crippen molar-refractivity contribution in [3.05, 3.63) is 57.1 Å². The highest BCUT2D eigenvalue weighted by atomic mass is 79.9. The summed E-state index contributed by atoms with van der Waals surface area (Å²) in [7, 11) is 1.71. The highest BCUT2D eigenvalue weighted by molar-refractivity contribution is 9.10. The van der Waals surface area contributed by atoms with E-state index in [-0.39, 0.29) is 0 Å². The fourth-order valence-corrected chi connectivity index (χ4v) is 2.52. The molecule has 0 unspecified atom stereocenters. The summed E-state index contributed by atoms with van der Waals surface area (Å²) in [5, 5.41) is 3.47. The molecule has 2 rings (SSSR count). The molecule has 2 aromatic carbocycles. The van der Waals surface area contributed by atoms with E-state index in [0.29, 0.717) is 0 Å². The van der Waals surface area contributed by atoms with Crippen molar-refractivity contribution in [2.75, 3.05) is 12.4 Å². The van der Waals surface area contributed by atoms with Crippen LogP contribution >= 0.6 is 15.9 Å². The van der Waals surface area contributed by atoms with Gasteiger partial charge in [0, 0.05) is 22.3 Å². The maximum absolute atomic E-state index is 5.41. The Bertz CT molecular complexity index is 599. The lowest BCUT2D eigenvalue weighted by Gasteiger charge is -2.13. The molecule has 0 spiro atoms. The zero-order valence-corrected chi connectivity index (χ0v) is 14.0. The Balaban J connectivity index is 2.18. The number of ether oxygens (including phenoxy) is 1. The van der Waals surface area contributed by atoms with E-state index in [1.54, 1.807) is 7.11 Å². The first-order chi connectivity index (χ1) is 9.51. The summed E-state index contributed by atoms with van der Waals surface area (Å²) in [6, 6.07) is 10.5. The van der Waals surface area contributed by atoms with Crippen LogP contribution in [0.2, 0.25) is 0 Å². The summed E-state index contributed by atoms with van der Waals surface area (Å²) in [4.78, 5) is 0. The molecule has 0 heterocycles. The number of halogens is 1. The molecule has 20 heavy (non-hydrogen) atoms. The van der Waals surface area contributed by atoms with Crippen LogP contribution < -0.4 is 10.1 Å². The topological polar surface area (TPSA) is 21.3 Å². The van der Waals surface area contributed by atoms with Gasteiger partial charge in [-0.15, -0.1) is 0 Å². The van der Waals surface area contributed by atoms with Crippen molar-refractivity contribution in [3.63, 3.8) is 0 Å². The van der Waals surface area contributed by atoms with Gasteiger partial charge in [0.05, 0.1) is 7.11 Å². The average Bonchev–Trinajstić information content (AvgIpc) is 2.42. The van der Waals surface area contributed by atoms with E-state index >= 15 is 0 Å². The van der Waals surface area contributed by atoms with Gasteiger partial charge in [0.15, 0.2) is 0 Å². The van der Waals surface area contributed by atoms with Gasteiger partial charge in [-0.3, -0.25) is 0 Å². The monoisotopic (exact) mass is 333 g/mol. The first kappa shape index (κ1) is 14.9. The van der Waals surface area contributed by atoms with E-state index in [9.17, 15) is 0 Å². The molecule has 2 nitrogen and oxygen atoms in total. The number of aryl methyl sites for hydroxylation is 3. The van der Waals surface area contributed by atoms with Crippen molar-refractivity contribution in [2.45, 2.75) is 27.3 Å². The van der Waals surface area contributed by atoms with Gasteiger partial charge >= 0.3 is 0 Å². The van der Waals surface area contributed by atoms with E-state index in [2.05, 4.69) is 66.3 Å². The zero-order chi connectivity index (χ0) is 14.7. The molecule has 0 atom stereocenters. The zero-order valence-electron chi connectivity index (χ0n) is 12.4. The second kappa shape index (κ2) is 6.31. The quantitative estimate of drug-likeness (QED) is 0.850. The van der Waals surface area contributed by atoms with Gasteiger partial charge in [0.2, 0.25) is 0 Å². The molecule has 1 N–H and O–H groups in total. The Morgan fingerprint density at radius 1 is 1.05 bits per heavy atom. The first-order valence-corrected chi connectivity index (χ1v) is 7.44. The molecular weight excluding hydrogens is 314 g/mol. The summed E-state index contributed by atoms with van der Waals surface area (Å²) >= 11 is 3.59. The van der Waals surface area contributed by atoms with Crippen LogP contribution in [0.3, 0.4) is 0 Å². The Morgan fingerprint density at radius 2 is 1.70 bits per heavy atom. The van der Waals surface area contributed by atoms with Gasteiger partial charge < -0.3 is 10.1 Å². The molecule has 0 aromatic heterocycles. The lowest BCUT2D eigenvalue weighted by atomic mass is 10.1. The molecule has 0 aliphatic heterocycles. The molecule has 0 saturated heterocycles. The largest absolute Gasteiger partial charge is 0.496 e. The van der Waals surface area contributed by atoms with Crippen LogP contribution in [-0.2, 0) is 6.54 Å². The summed E-state index contributed by atoms with van der Waals surface area (Å²) in [6.07, 6.45) is 0. The lowest BCUT2D eigenvalue weighted by Crippen LogP contribution is -2.03. The number of anilines is 1. The Kier molecular flexibility index (Phi) is 4.71. The van der Waals surface area contributed by atoms with Crippen molar-refractivity contribution in [1.29, 1.82) is 0 Å². The fourth-order valence-electron chi connectivity index (χ4n) is 2.29. The third-order valence-corrected chi connectivity index (χ3v) is 4.61. The van der Waals surface area contributed by atoms with Crippen LogP contribution in [0.5, 0.6) is 5.75 Å². The van der Waals surface area contributed by atoms with Crippen molar-refractivity contribution < 1.29 is 4.74 Å². The molecule has 0 radical (unpaired) electrons. The minimum absolute atomic E-state index is 0.755. The minimum Gasteiger partial charge on any atom is -0.496 e. The van der Waals surface area contributed by atoms with Crippen molar-refractivity contribution >= 4 is 21.6 Å². The SMILES string of the molecule is COc1ccc(C)cc1CNc1cc(C)c(Br)c(C)c1. The number of hydrogen-bond acceptors (Lipinski definition) is 2. The van der Waals surface area contributed by atoms with Crippen LogP contribution in [0, 0.1) is 20.8 Å². The van der Waals surface area contributed by atoms with Crippen LogP contribution in [0.1, 0.15) is 22.3 Å². The summed E-state index contributed by atoms with van der Waals surface area (Å²) in [5.41, 5.74) is 6.02. The van der Waals surface area contributed by atoms with Gasteiger partial charge in [-0.05, 0) is 50.1 Å². The highest BCUT2D eigenvalue weighted by Crippen LogP contribution is 2.26. The molecule has 0 fully saturated rings. The molecular formula is C17H20BrNO. The normalized spacial score (nSPS) is 10.4. The standard InChI is InChI=1S/C17H20BrNO/c1-11-5-6-16(20-4)14(7-11)10-19-15-8-12(2)17(18)13(3)9-15/h5-9,19H,10H2,1-4H3. The third kappa shape index (κ3) is 3.34. The predicted octanol–water partition coefficient (Wildman–Crippen LogP) is 5.00. The molecule has 0 aliphatic rings. The molecule has 0 bridgehead atoms. The molecule has 106 valence electrons. The van der Waals surface area contributed by atoms with Gasteiger partial charge in [0.25, 0.3) is 0 Å². The Hall–Kier alpha value is -1.48. The minimum atomic E-state index is 0.755. The van der Waals surface area contributed by atoms with Crippen LogP contribution in [0.4, 0.5) is 5.69 Å². The molecule has 0 aliphatic carbocycles.